The molecule has 0 fully saturated rings. The average molecular weight is 819 g/mol. The van der Waals surface area contributed by atoms with E-state index in [1.807, 2.05) is 0 Å². The summed E-state index contributed by atoms with van der Waals surface area (Å²) in [6.45, 7) is -0.869. The zero-order valence-electron chi connectivity index (χ0n) is 31.2. The number of rotatable bonds is 18. The standard InChI is InChI=1S/C37H38F6N9O6/c1-24(58-35(54)49(3)33-26(5-4-14-45-33)17-56-32(53)16-44-2)50-22-47-52(23-50)19-36(55,29-12-9-27(38)15-30(29)39)18-51-21-46-31(48-51)13-8-25-6-10-28(11-7-25)57-20-37(42,43)34(40)41/h4-15,21-24,34,44,55H,16-20H2,1-3H3/q+1/b13-8+. The molecule has 0 aliphatic heterocycles. The van der Waals surface area contributed by atoms with Crippen LogP contribution in [-0.2, 0) is 39.6 Å². The molecule has 0 saturated heterocycles. The molecule has 0 spiro atoms. The summed E-state index contributed by atoms with van der Waals surface area (Å²) in [6.07, 6.45) is 2.86. The van der Waals surface area contributed by atoms with Gasteiger partial charge in [-0.25, -0.2) is 37.0 Å². The molecule has 2 aromatic carbocycles. The summed E-state index contributed by atoms with van der Waals surface area (Å²) in [6, 6.07) is 11.6. The van der Waals surface area contributed by atoms with E-state index >= 15 is 4.39 Å². The molecule has 5 aromatic rings. The van der Waals surface area contributed by atoms with Crippen LogP contribution in [0, 0.1) is 11.6 Å². The molecular formula is C37H38F6N9O6+. The zero-order valence-corrected chi connectivity index (χ0v) is 31.2. The first-order valence-electron chi connectivity index (χ1n) is 17.3. The van der Waals surface area contributed by atoms with Gasteiger partial charge >= 0.3 is 24.4 Å². The molecule has 2 N–H and O–H groups in total. The number of esters is 1. The normalized spacial score (nSPS) is 13.4. The molecule has 308 valence electrons. The number of anilines is 1. The third-order valence-electron chi connectivity index (χ3n) is 8.35. The molecule has 0 aliphatic rings. The molecule has 3 heterocycles. The van der Waals surface area contributed by atoms with Crippen LogP contribution in [-0.4, -0.2) is 86.3 Å². The number of carbonyl (C=O) groups excluding carboxylic acids is 2. The van der Waals surface area contributed by atoms with Crippen molar-refractivity contribution in [2.24, 2.45) is 0 Å². The van der Waals surface area contributed by atoms with Crippen molar-refractivity contribution in [2.75, 3.05) is 32.1 Å². The van der Waals surface area contributed by atoms with E-state index in [1.165, 1.54) is 76.5 Å². The molecule has 15 nitrogen and oxygen atoms in total. The Bertz CT molecular complexity index is 2200. The Morgan fingerprint density at radius 3 is 2.50 bits per heavy atom. The third-order valence-corrected chi connectivity index (χ3v) is 8.35. The van der Waals surface area contributed by atoms with Crippen molar-refractivity contribution < 1.29 is 59.8 Å². The summed E-state index contributed by atoms with van der Waals surface area (Å²) in [4.78, 5) is 34.5. The van der Waals surface area contributed by atoms with E-state index in [0.717, 1.165) is 17.0 Å². The minimum Gasteiger partial charge on any atom is -0.487 e. The molecule has 21 heteroatoms. The smallest absolute Gasteiger partial charge is 0.418 e. The lowest BCUT2D eigenvalue weighted by molar-refractivity contribution is -0.753. The van der Waals surface area contributed by atoms with Crippen LogP contribution in [0.15, 0.2) is 79.8 Å². The molecule has 0 radical (unpaired) electrons. The van der Waals surface area contributed by atoms with Gasteiger partial charge in [0.25, 0.3) is 6.33 Å². The minimum atomic E-state index is -4.30. The third kappa shape index (κ3) is 11.2. The molecule has 0 bridgehead atoms. The number of alkyl halides is 4. The average Bonchev–Trinajstić information content (AvgIpc) is 3.85. The van der Waals surface area contributed by atoms with Crippen LogP contribution >= 0.6 is 0 Å². The number of halogens is 6. The highest BCUT2D eigenvalue weighted by atomic mass is 19.3. The molecule has 0 aliphatic carbocycles. The van der Waals surface area contributed by atoms with E-state index in [1.54, 1.807) is 32.2 Å². The van der Waals surface area contributed by atoms with Crippen LogP contribution in [0.2, 0.25) is 0 Å². The maximum absolute atomic E-state index is 15.2. The van der Waals surface area contributed by atoms with Gasteiger partial charge < -0.3 is 24.6 Å². The number of likely N-dealkylation sites (N-methyl/N-ethyl adjacent to an activating group) is 1. The molecule has 0 saturated carbocycles. The molecule has 2 atom stereocenters. The van der Waals surface area contributed by atoms with Crippen LogP contribution in [0.3, 0.4) is 0 Å². The van der Waals surface area contributed by atoms with E-state index in [0.29, 0.717) is 17.2 Å². The van der Waals surface area contributed by atoms with E-state index in [2.05, 4.69) is 25.5 Å². The summed E-state index contributed by atoms with van der Waals surface area (Å²) in [5.41, 5.74) is -1.37. The van der Waals surface area contributed by atoms with Crippen LogP contribution in [0.4, 0.5) is 37.0 Å². The van der Waals surface area contributed by atoms with Gasteiger partial charge in [0.2, 0.25) is 12.6 Å². The lowest BCUT2D eigenvalue weighted by atomic mass is 9.93. The Labute approximate surface area is 327 Å². The number of aliphatic hydroxyl groups is 1. The lowest BCUT2D eigenvalue weighted by Gasteiger charge is -2.26. The second kappa shape index (κ2) is 18.7. The topological polar surface area (TPSA) is 163 Å². The van der Waals surface area contributed by atoms with Gasteiger partial charge in [0, 0.05) is 42.5 Å². The number of hydrogen-bond donors (Lipinski definition) is 2. The van der Waals surface area contributed by atoms with Crippen LogP contribution < -0.4 is 19.5 Å². The fourth-order valence-electron chi connectivity index (χ4n) is 5.35. The Morgan fingerprint density at radius 1 is 1.05 bits per heavy atom. The SMILES string of the molecule is CNCC(=O)OCc1cccnc1N(C)C(=O)OC(C)[n+]1cnn(CC(O)(Cn2cnc(/C=C/c3ccc(OCC(F)(F)C(F)F)cc3)n2)c2ccc(F)cc2F)c1. The van der Waals surface area contributed by atoms with Crippen LogP contribution in [0.1, 0.15) is 35.7 Å². The summed E-state index contributed by atoms with van der Waals surface area (Å²) in [5.74, 6) is -6.40. The predicted molar refractivity (Wildman–Crippen MR) is 192 cm³/mol. The number of hydrogen-bond acceptors (Lipinski definition) is 11. The van der Waals surface area contributed by atoms with Crippen molar-refractivity contribution >= 4 is 30.0 Å². The number of ether oxygens (including phenoxy) is 3. The Morgan fingerprint density at radius 2 is 1.79 bits per heavy atom. The summed E-state index contributed by atoms with van der Waals surface area (Å²) < 4.78 is 99.8. The van der Waals surface area contributed by atoms with Crippen LogP contribution in [0.25, 0.3) is 12.2 Å². The van der Waals surface area contributed by atoms with Gasteiger partial charge in [0.15, 0.2) is 12.4 Å². The van der Waals surface area contributed by atoms with Gasteiger partial charge in [0.05, 0.1) is 13.1 Å². The Kier molecular flexibility index (Phi) is 13.8. The fourth-order valence-corrected chi connectivity index (χ4v) is 5.35. The number of aromatic nitrogens is 7. The largest absolute Gasteiger partial charge is 0.487 e. The van der Waals surface area contributed by atoms with Crippen molar-refractivity contribution in [3.05, 3.63) is 114 Å². The minimum absolute atomic E-state index is 0.00373. The summed E-state index contributed by atoms with van der Waals surface area (Å²) >= 11 is 0. The van der Waals surface area contributed by atoms with E-state index in [-0.39, 0.29) is 36.1 Å². The predicted octanol–water partition coefficient (Wildman–Crippen LogP) is 4.53. The molecule has 5 rings (SSSR count). The highest BCUT2D eigenvalue weighted by Crippen LogP contribution is 2.29. The highest BCUT2D eigenvalue weighted by molar-refractivity contribution is 5.86. The van der Waals surface area contributed by atoms with Gasteiger partial charge in [0.1, 0.15) is 48.3 Å². The van der Waals surface area contributed by atoms with Gasteiger partial charge in [-0.15, -0.1) is 4.68 Å². The van der Waals surface area contributed by atoms with Crippen LogP contribution in [0.5, 0.6) is 5.75 Å². The molecule has 2 unspecified atom stereocenters. The molecule has 58 heavy (non-hydrogen) atoms. The first-order valence-corrected chi connectivity index (χ1v) is 17.3. The maximum Gasteiger partial charge on any atom is 0.418 e. The first kappa shape index (κ1) is 42.8. The van der Waals surface area contributed by atoms with Gasteiger partial charge in [-0.05, 0) is 43.0 Å². The van der Waals surface area contributed by atoms with Crippen molar-refractivity contribution in [1.29, 1.82) is 0 Å². The zero-order chi connectivity index (χ0) is 42.0. The quantitative estimate of drug-likeness (QED) is 0.0727. The van der Waals surface area contributed by atoms with Crippen molar-refractivity contribution in [3.8, 4) is 5.75 Å². The number of nitrogens with zero attached hydrogens (tertiary/aromatic N) is 8. The number of carbonyl (C=O) groups is 2. The molecule has 1 amide bonds. The van der Waals surface area contributed by atoms with Crippen molar-refractivity contribution in [1.82, 2.24) is 34.8 Å². The van der Waals surface area contributed by atoms with E-state index in [4.69, 9.17) is 14.2 Å². The van der Waals surface area contributed by atoms with E-state index in [9.17, 15) is 36.6 Å². The van der Waals surface area contributed by atoms with Crippen molar-refractivity contribution in [3.63, 3.8) is 0 Å². The summed E-state index contributed by atoms with van der Waals surface area (Å²) in [5, 5.41) is 23.2. The van der Waals surface area contributed by atoms with Gasteiger partial charge in [-0.1, -0.05) is 30.3 Å². The van der Waals surface area contributed by atoms with Gasteiger partial charge in [-0.3, -0.25) is 9.69 Å². The van der Waals surface area contributed by atoms with Gasteiger partial charge in [-0.2, -0.15) is 18.4 Å². The number of pyridine rings is 1. The fraction of sp³-hybridized carbons (Fsp3) is 0.324. The Balaban J connectivity index is 1.26. The Hall–Kier alpha value is -6.35. The van der Waals surface area contributed by atoms with Crippen molar-refractivity contribution in [2.45, 2.75) is 50.8 Å². The monoisotopic (exact) mass is 818 g/mol. The second-order valence-corrected chi connectivity index (χ2v) is 12.8. The highest BCUT2D eigenvalue weighted by Gasteiger charge is 2.42. The number of nitrogens with one attached hydrogen (secondary N) is 1. The molecule has 3 aromatic heterocycles. The lowest BCUT2D eigenvalue weighted by Crippen LogP contribution is -2.42. The van der Waals surface area contributed by atoms with E-state index < -0.39 is 67.6 Å². The second-order valence-electron chi connectivity index (χ2n) is 12.8. The number of benzene rings is 2. The first-order chi connectivity index (χ1) is 27.6. The summed E-state index contributed by atoms with van der Waals surface area (Å²) in [7, 11) is 3.02. The number of amides is 1. The maximum atomic E-state index is 15.2. The molecular weight excluding hydrogens is 780 g/mol.